The van der Waals surface area contributed by atoms with Crippen molar-refractivity contribution >= 4 is 18.3 Å². The third-order valence-corrected chi connectivity index (χ3v) is 3.27. The molecular formula is C13H27ClN2O2. The second-order valence-corrected chi connectivity index (χ2v) is 5.47. The summed E-state index contributed by atoms with van der Waals surface area (Å²) in [6, 6.07) is -0.0794. The highest BCUT2D eigenvalue weighted by atomic mass is 35.5. The van der Waals surface area contributed by atoms with Crippen LogP contribution in [0.25, 0.3) is 0 Å². The second kappa shape index (κ2) is 9.59. The molecule has 1 amide bonds. The van der Waals surface area contributed by atoms with Crippen molar-refractivity contribution in [3.63, 3.8) is 0 Å². The van der Waals surface area contributed by atoms with Crippen LogP contribution in [-0.2, 0) is 4.79 Å². The van der Waals surface area contributed by atoms with Crippen molar-refractivity contribution in [3.8, 4) is 0 Å². The van der Waals surface area contributed by atoms with Gasteiger partial charge in [-0.1, -0.05) is 13.8 Å². The molecule has 108 valence electrons. The first-order chi connectivity index (χ1) is 8.11. The number of aliphatic hydroxyl groups is 1. The minimum absolute atomic E-state index is 0. The Morgan fingerprint density at radius 1 is 1.39 bits per heavy atom. The van der Waals surface area contributed by atoms with Gasteiger partial charge in [0.1, 0.15) is 0 Å². The van der Waals surface area contributed by atoms with Gasteiger partial charge >= 0.3 is 0 Å². The van der Waals surface area contributed by atoms with Gasteiger partial charge < -0.3 is 15.7 Å². The van der Waals surface area contributed by atoms with E-state index in [0.717, 1.165) is 32.4 Å². The highest BCUT2D eigenvalue weighted by Gasteiger charge is 2.19. The summed E-state index contributed by atoms with van der Waals surface area (Å²) < 4.78 is 0. The molecule has 1 aliphatic heterocycles. The van der Waals surface area contributed by atoms with Crippen LogP contribution in [0.4, 0.5) is 0 Å². The molecule has 1 fully saturated rings. The summed E-state index contributed by atoms with van der Waals surface area (Å²) in [5.41, 5.74) is 0. The van der Waals surface area contributed by atoms with Crippen LogP contribution in [0.5, 0.6) is 0 Å². The van der Waals surface area contributed by atoms with Crippen molar-refractivity contribution in [2.24, 2.45) is 11.8 Å². The Balaban J connectivity index is 0.00000289. The molecule has 0 saturated carbocycles. The van der Waals surface area contributed by atoms with Crippen molar-refractivity contribution < 1.29 is 9.90 Å². The first-order valence-electron chi connectivity index (χ1n) is 6.72. The zero-order valence-electron chi connectivity index (χ0n) is 11.4. The number of aliphatic hydroxyl groups excluding tert-OH is 1. The minimum atomic E-state index is -0.0794. The summed E-state index contributed by atoms with van der Waals surface area (Å²) in [5.74, 6) is 1.09. The van der Waals surface area contributed by atoms with Crippen molar-refractivity contribution in [1.82, 2.24) is 10.6 Å². The summed E-state index contributed by atoms with van der Waals surface area (Å²) in [6.07, 6.45) is 3.62. The van der Waals surface area contributed by atoms with Gasteiger partial charge in [-0.25, -0.2) is 0 Å². The second-order valence-electron chi connectivity index (χ2n) is 5.47. The topological polar surface area (TPSA) is 61.4 Å². The minimum Gasteiger partial charge on any atom is -0.394 e. The van der Waals surface area contributed by atoms with Crippen LogP contribution in [0.2, 0.25) is 0 Å². The Morgan fingerprint density at radius 3 is 2.50 bits per heavy atom. The standard InChI is InChI=1S/C13H26N2O2.ClH/c1-10(2)7-12(9-16)15-13(17)8-11-3-5-14-6-4-11;/h10-12,14,16H,3-9H2,1-2H3,(H,15,17);1H/t12-;/m0./s1. The SMILES string of the molecule is CC(C)C[C@@H](CO)NC(=O)CC1CCNCC1.Cl. The number of hydrogen-bond donors (Lipinski definition) is 3. The lowest BCUT2D eigenvalue weighted by atomic mass is 9.94. The van der Waals surface area contributed by atoms with E-state index in [4.69, 9.17) is 0 Å². The van der Waals surface area contributed by atoms with E-state index in [1.165, 1.54) is 0 Å². The number of hydrogen-bond acceptors (Lipinski definition) is 3. The highest BCUT2D eigenvalue weighted by Crippen LogP contribution is 2.16. The first-order valence-corrected chi connectivity index (χ1v) is 6.72. The predicted molar refractivity (Wildman–Crippen MR) is 75.9 cm³/mol. The summed E-state index contributed by atoms with van der Waals surface area (Å²) in [6.45, 7) is 6.28. The Morgan fingerprint density at radius 2 is 2.00 bits per heavy atom. The maximum atomic E-state index is 11.8. The van der Waals surface area contributed by atoms with Gasteiger partial charge in [0.15, 0.2) is 0 Å². The van der Waals surface area contributed by atoms with Gasteiger partial charge in [0.2, 0.25) is 5.91 Å². The van der Waals surface area contributed by atoms with E-state index in [1.807, 2.05) is 0 Å². The molecule has 0 aliphatic carbocycles. The number of nitrogens with one attached hydrogen (secondary N) is 2. The van der Waals surface area contributed by atoms with E-state index < -0.39 is 0 Å². The van der Waals surface area contributed by atoms with E-state index in [-0.39, 0.29) is 31.0 Å². The van der Waals surface area contributed by atoms with Crippen molar-refractivity contribution in [2.45, 2.75) is 45.6 Å². The molecule has 0 aromatic rings. The molecule has 0 radical (unpaired) electrons. The van der Waals surface area contributed by atoms with Crippen LogP contribution in [0.1, 0.15) is 39.5 Å². The summed E-state index contributed by atoms with van der Waals surface area (Å²) in [5, 5.41) is 15.4. The van der Waals surface area contributed by atoms with Crippen LogP contribution in [0.3, 0.4) is 0 Å². The van der Waals surface area contributed by atoms with Crippen molar-refractivity contribution in [2.75, 3.05) is 19.7 Å². The lowest BCUT2D eigenvalue weighted by Crippen LogP contribution is -2.40. The monoisotopic (exact) mass is 278 g/mol. The molecular weight excluding hydrogens is 252 g/mol. The van der Waals surface area contributed by atoms with Gasteiger partial charge in [0, 0.05) is 6.42 Å². The van der Waals surface area contributed by atoms with E-state index in [0.29, 0.717) is 18.3 Å². The maximum absolute atomic E-state index is 11.8. The molecule has 0 bridgehead atoms. The zero-order valence-corrected chi connectivity index (χ0v) is 12.3. The van der Waals surface area contributed by atoms with Crippen LogP contribution >= 0.6 is 12.4 Å². The fraction of sp³-hybridized carbons (Fsp3) is 0.923. The number of rotatable bonds is 6. The molecule has 1 atom stereocenters. The van der Waals surface area contributed by atoms with Gasteiger partial charge in [-0.15, -0.1) is 12.4 Å². The molecule has 1 aliphatic rings. The summed E-state index contributed by atoms with van der Waals surface area (Å²) in [7, 11) is 0. The molecule has 3 N–H and O–H groups in total. The van der Waals surface area contributed by atoms with E-state index in [9.17, 15) is 9.90 Å². The number of carbonyl (C=O) groups excluding carboxylic acids is 1. The Labute approximate surface area is 116 Å². The third-order valence-electron chi connectivity index (χ3n) is 3.27. The molecule has 0 aromatic heterocycles. The molecule has 0 unspecified atom stereocenters. The van der Waals surface area contributed by atoms with E-state index >= 15 is 0 Å². The van der Waals surface area contributed by atoms with E-state index in [1.54, 1.807) is 0 Å². The van der Waals surface area contributed by atoms with Crippen LogP contribution in [0.15, 0.2) is 0 Å². The van der Waals surface area contributed by atoms with Gasteiger partial charge in [-0.2, -0.15) is 0 Å². The smallest absolute Gasteiger partial charge is 0.220 e. The number of carbonyl (C=O) groups is 1. The zero-order chi connectivity index (χ0) is 12.7. The lowest BCUT2D eigenvalue weighted by Gasteiger charge is -2.24. The fourth-order valence-electron chi connectivity index (χ4n) is 2.38. The average Bonchev–Trinajstić information content (AvgIpc) is 2.28. The summed E-state index contributed by atoms with van der Waals surface area (Å²) >= 11 is 0. The maximum Gasteiger partial charge on any atom is 0.220 e. The lowest BCUT2D eigenvalue weighted by molar-refractivity contribution is -0.123. The van der Waals surface area contributed by atoms with E-state index in [2.05, 4.69) is 24.5 Å². The first kappa shape index (κ1) is 17.7. The Bertz CT molecular complexity index is 231. The molecule has 4 nitrogen and oxygen atoms in total. The molecule has 1 heterocycles. The fourth-order valence-corrected chi connectivity index (χ4v) is 2.38. The Hall–Kier alpha value is -0.320. The number of piperidine rings is 1. The van der Waals surface area contributed by atoms with Crippen molar-refractivity contribution in [1.29, 1.82) is 0 Å². The Kier molecular flexibility index (Phi) is 9.42. The number of halogens is 1. The van der Waals surface area contributed by atoms with Crippen LogP contribution in [-0.4, -0.2) is 36.8 Å². The van der Waals surface area contributed by atoms with Gasteiger partial charge in [-0.05, 0) is 44.2 Å². The molecule has 1 rings (SSSR count). The molecule has 1 saturated heterocycles. The summed E-state index contributed by atoms with van der Waals surface area (Å²) in [4.78, 5) is 11.8. The predicted octanol–water partition coefficient (Wildman–Crippen LogP) is 1.32. The molecule has 18 heavy (non-hydrogen) atoms. The number of amides is 1. The largest absolute Gasteiger partial charge is 0.394 e. The van der Waals surface area contributed by atoms with Crippen LogP contribution in [0, 0.1) is 11.8 Å². The van der Waals surface area contributed by atoms with Gasteiger partial charge in [0.05, 0.1) is 12.6 Å². The van der Waals surface area contributed by atoms with Gasteiger partial charge in [0.25, 0.3) is 0 Å². The molecule has 0 spiro atoms. The molecule has 5 heteroatoms. The molecule has 0 aromatic carbocycles. The average molecular weight is 279 g/mol. The third kappa shape index (κ3) is 7.19. The highest BCUT2D eigenvalue weighted by molar-refractivity contribution is 5.85. The van der Waals surface area contributed by atoms with Crippen molar-refractivity contribution in [3.05, 3.63) is 0 Å². The van der Waals surface area contributed by atoms with Crippen LogP contribution < -0.4 is 10.6 Å². The quantitative estimate of drug-likeness (QED) is 0.687. The van der Waals surface area contributed by atoms with Gasteiger partial charge in [-0.3, -0.25) is 4.79 Å². The normalized spacial score (nSPS) is 18.2.